The van der Waals surface area contributed by atoms with Crippen molar-refractivity contribution in [3.63, 3.8) is 0 Å². The smallest absolute Gasteiger partial charge is 0.311 e. The zero-order valence-electron chi connectivity index (χ0n) is 45.4. The molecule has 0 aliphatic carbocycles. The van der Waals surface area contributed by atoms with Gasteiger partial charge in [-0.2, -0.15) is 13.2 Å². The Balaban J connectivity index is 1.02. The van der Waals surface area contributed by atoms with Crippen LogP contribution < -0.4 is 57.3 Å². The summed E-state index contributed by atoms with van der Waals surface area (Å²) < 4.78 is 68.4. The summed E-state index contributed by atoms with van der Waals surface area (Å²) in [6.07, 6.45) is -4.82. The summed E-state index contributed by atoms with van der Waals surface area (Å²) in [6, 6.07) is 93.7. The highest BCUT2D eigenvalue weighted by atomic mass is 32.2. The van der Waals surface area contributed by atoms with E-state index in [-0.39, 0.29) is 11.4 Å². The maximum absolute atomic E-state index is 20.1. The summed E-state index contributed by atoms with van der Waals surface area (Å²) in [7, 11) is 0. The number of fused-ring (bicyclic) bond motifs is 8. The highest BCUT2D eigenvalue weighted by Gasteiger charge is 2.50. The van der Waals surface area contributed by atoms with Gasteiger partial charge in [0.2, 0.25) is 6.71 Å². The Bertz CT molecular complexity index is 4480. The monoisotopic (exact) mass is 1120 g/mol. The molecule has 404 valence electrons. The Morgan fingerprint density at radius 2 is 0.706 bits per heavy atom. The molecule has 0 atom stereocenters. The molecule has 0 N–H and O–H groups in total. The van der Waals surface area contributed by atoms with Gasteiger partial charge in [0.1, 0.15) is 0 Å². The summed E-state index contributed by atoms with van der Waals surface area (Å²) in [6.45, 7) is -1.13. The molecule has 5 nitrogen and oxygen atoms in total. The van der Waals surface area contributed by atoms with E-state index in [1.807, 2.05) is 164 Å². The van der Waals surface area contributed by atoms with Gasteiger partial charge in [0, 0.05) is 78.0 Å². The molecule has 0 fully saturated rings. The van der Waals surface area contributed by atoms with E-state index in [4.69, 9.17) is 0 Å². The summed E-state index contributed by atoms with van der Waals surface area (Å²) in [5.74, 6) is -0.596. The van der Waals surface area contributed by atoms with Gasteiger partial charge in [0.25, 0.3) is 6.71 Å². The third kappa shape index (κ3) is 8.10. The average Bonchev–Trinajstić information content (AvgIpc) is 1.02. The summed E-state index contributed by atoms with van der Waals surface area (Å²) in [5.41, 5.74) is 14.9. The molecule has 0 radical (unpaired) electrons. The van der Waals surface area contributed by atoms with Crippen molar-refractivity contribution < 1.29 is 17.6 Å². The normalized spacial score (nSPS) is 13.2. The number of hydrogen-bond donors (Lipinski definition) is 0. The zero-order chi connectivity index (χ0) is 56.9. The molecule has 85 heavy (non-hydrogen) atoms. The second kappa shape index (κ2) is 20.0. The van der Waals surface area contributed by atoms with E-state index in [2.05, 4.69) is 117 Å². The number of benzene rings is 12. The van der Waals surface area contributed by atoms with Crippen LogP contribution in [0.25, 0.3) is 0 Å². The summed E-state index contributed by atoms with van der Waals surface area (Å²) in [5, 5.41) is 0. The molecule has 0 bridgehead atoms. The maximum Gasteiger partial charge on any atom is 0.418 e. The lowest BCUT2D eigenvalue weighted by Gasteiger charge is -2.46. The lowest BCUT2D eigenvalue weighted by Crippen LogP contribution is -2.65. The highest BCUT2D eigenvalue weighted by Crippen LogP contribution is 2.53. The van der Waals surface area contributed by atoms with Crippen molar-refractivity contribution in [2.75, 3.05) is 24.5 Å². The molecular formula is C73H47B2F4N5S. The van der Waals surface area contributed by atoms with Gasteiger partial charge in [0.15, 0.2) is 5.82 Å². The van der Waals surface area contributed by atoms with E-state index in [1.165, 1.54) is 23.9 Å². The quantitative estimate of drug-likeness (QED) is 0.105. The van der Waals surface area contributed by atoms with E-state index in [1.54, 1.807) is 11.0 Å². The van der Waals surface area contributed by atoms with Crippen LogP contribution in [-0.2, 0) is 6.18 Å². The molecular weight excluding hydrogens is 1080 g/mol. The molecule has 0 unspecified atom stereocenters. The number of hydrogen-bond acceptors (Lipinski definition) is 6. The SMILES string of the molecule is Fc1c2c(cc3c1N(c1ccccc1C(F)(F)F)c1cc(N(c4ccccc4)c4ccccc4)cc4c1B3c1ccccc1N4c1ccccc1)B1c3ccccc3N(c3ccccc3)c3cc(N(c4ccccc4)c4ccccc4)cc(c31)S2. The van der Waals surface area contributed by atoms with Gasteiger partial charge in [-0.1, -0.05) is 181 Å². The fourth-order valence-corrected chi connectivity index (χ4v) is 14.7. The number of nitrogens with zero attached hydrogens (tertiary/aromatic N) is 5. The second-order valence-electron chi connectivity index (χ2n) is 21.6. The Hall–Kier alpha value is -10.2. The first-order chi connectivity index (χ1) is 41.8. The molecule has 0 amide bonds. The molecule has 12 aromatic carbocycles. The molecule has 0 saturated carbocycles. The predicted octanol–water partition coefficient (Wildman–Crippen LogP) is 16.6. The van der Waals surface area contributed by atoms with Crippen LogP contribution in [0.1, 0.15) is 5.56 Å². The van der Waals surface area contributed by atoms with Crippen LogP contribution in [0.15, 0.2) is 295 Å². The van der Waals surface area contributed by atoms with Crippen molar-refractivity contribution in [1.82, 2.24) is 0 Å². The molecule has 12 aromatic rings. The minimum atomic E-state index is -4.82. The number of halogens is 4. The van der Waals surface area contributed by atoms with Crippen LogP contribution in [0, 0.1) is 5.82 Å². The van der Waals surface area contributed by atoms with Crippen LogP contribution in [0.4, 0.5) is 103 Å². The number of para-hydroxylation sites is 9. The molecule has 4 heterocycles. The zero-order valence-corrected chi connectivity index (χ0v) is 46.3. The highest BCUT2D eigenvalue weighted by molar-refractivity contribution is 8.00. The molecule has 4 aliphatic heterocycles. The lowest BCUT2D eigenvalue weighted by atomic mass is 9.31. The number of rotatable bonds is 9. The maximum atomic E-state index is 20.1. The predicted molar refractivity (Wildman–Crippen MR) is 345 cm³/mol. The van der Waals surface area contributed by atoms with E-state index >= 15 is 17.6 Å². The fraction of sp³-hybridized carbons (Fsp3) is 0.0137. The second-order valence-corrected chi connectivity index (χ2v) is 22.7. The third-order valence-electron chi connectivity index (χ3n) is 16.9. The van der Waals surface area contributed by atoms with Crippen molar-refractivity contribution in [3.8, 4) is 0 Å². The van der Waals surface area contributed by atoms with Crippen molar-refractivity contribution in [3.05, 3.63) is 296 Å². The van der Waals surface area contributed by atoms with Crippen molar-refractivity contribution in [1.29, 1.82) is 0 Å². The minimum Gasteiger partial charge on any atom is -0.311 e. The van der Waals surface area contributed by atoms with E-state index < -0.39 is 31.0 Å². The topological polar surface area (TPSA) is 16.2 Å². The average molecular weight is 1120 g/mol. The minimum absolute atomic E-state index is 0.0718. The van der Waals surface area contributed by atoms with E-state index in [0.717, 1.165) is 101 Å². The summed E-state index contributed by atoms with van der Waals surface area (Å²) >= 11 is 1.35. The van der Waals surface area contributed by atoms with Crippen LogP contribution >= 0.6 is 11.8 Å². The van der Waals surface area contributed by atoms with Gasteiger partial charge in [-0.25, -0.2) is 4.39 Å². The van der Waals surface area contributed by atoms with Crippen LogP contribution in [0.2, 0.25) is 0 Å². The van der Waals surface area contributed by atoms with Crippen LogP contribution in [0.3, 0.4) is 0 Å². The molecule has 0 spiro atoms. The van der Waals surface area contributed by atoms with Gasteiger partial charge in [-0.3, -0.25) is 0 Å². The van der Waals surface area contributed by atoms with Crippen molar-refractivity contribution >= 4 is 143 Å². The van der Waals surface area contributed by atoms with Crippen molar-refractivity contribution in [2.24, 2.45) is 0 Å². The van der Waals surface area contributed by atoms with Crippen LogP contribution in [0.5, 0.6) is 0 Å². The Kier molecular flexibility index (Phi) is 11.9. The van der Waals surface area contributed by atoms with Gasteiger partial charge >= 0.3 is 6.18 Å². The van der Waals surface area contributed by atoms with Gasteiger partial charge < -0.3 is 24.5 Å². The van der Waals surface area contributed by atoms with Crippen LogP contribution in [-0.4, -0.2) is 13.4 Å². The third-order valence-corrected chi connectivity index (χ3v) is 18.0. The first-order valence-corrected chi connectivity index (χ1v) is 29.1. The first-order valence-electron chi connectivity index (χ1n) is 28.3. The number of anilines is 15. The van der Waals surface area contributed by atoms with Crippen molar-refractivity contribution in [2.45, 2.75) is 16.0 Å². The van der Waals surface area contributed by atoms with E-state index in [9.17, 15) is 0 Å². The summed E-state index contributed by atoms with van der Waals surface area (Å²) in [4.78, 5) is 11.7. The van der Waals surface area contributed by atoms with Gasteiger partial charge in [0.05, 0.1) is 22.6 Å². The van der Waals surface area contributed by atoms with E-state index in [0.29, 0.717) is 21.7 Å². The van der Waals surface area contributed by atoms with Gasteiger partial charge in [-0.05, 0) is 149 Å². The Morgan fingerprint density at radius 3 is 1.18 bits per heavy atom. The Morgan fingerprint density at radius 1 is 0.329 bits per heavy atom. The molecule has 0 aromatic heterocycles. The molecule has 4 aliphatic rings. The Labute approximate surface area is 495 Å². The largest absolute Gasteiger partial charge is 0.418 e. The van der Waals surface area contributed by atoms with Gasteiger partial charge in [-0.15, -0.1) is 0 Å². The standard InChI is InChI=1S/C73H47B2F4N5S/c76-70-71-59(47-60-72(70)85-67-46-55(81(50-29-11-3-12-30-50)51-31-13-4-14-32-51)45-66-69(67)75(60)58-39-21-24-42-63(58)83(66)53-35-17-6-18-36-53)74-57-38-20-23-41-62(57)82(52-33-15-5-16-34-52)64-43-54(80(48-25-7-1-8-26-48)49-27-9-2-10-28-49)44-65(68(64)74)84(71)61-40-22-19-37-56(61)73(77,78)79/h1-47H. The first kappa shape index (κ1) is 50.6. The molecule has 16 rings (SSSR count). The molecule has 12 heteroatoms. The lowest BCUT2D eigenvalue weighted by molar-refractivity contribution is -0.137. The molecule has 0 saturated heterocycles. The fourth-order valence-electron chi connectivity index (χ4n) is 13.5. The number of alkyl halides is 3.